The third kappa shape index (κ3) is 10.1. The van der Waals surface area contributed by atoms with Gasteiger partial charge in [0.05, 0.1) is 26.4 Å². The highest BCUT2D eigenvalue weighted by molar-refractivity contribution is 5.97. The number of nitrogens with one attached hydrogen (secondary N) is 6. The number of amides is 7. The van der Waals surface area contributed by atoms with Crippen molar-refractivity contribution in [2.24, 2.45) is 5.92 Å². The van der Waals surface area contributed by atoms with E-state index in [9.17, 15) is 29.1 Å². The molecule has 0 aliphatic carbocycles. The van der Waals surface area contributed by atoms with Crippen molar-refractivity contribution in [2.45, 2.75) is 32.4 Å². The molecule has 1 aliphatic heterocycles. The number of aliphatic hydroxyl groups excluding tert-OH is 1. The van der Waals surface area contributed by atoms with Crippen LogP contribution < -0.4 is 32.1 Å². The second kappa shape index (κ2) is 14.1. The summed E-state index contributed by atoms with van der Waals surface area (Å²) in [5.41, 5.74) is 3.87. The van der Waals surface area contributed by atoms with Gasteiger partial charge in [-0.15, -0.1) is 0 Å². The Bertz CT molecular complexity index is 646. The van der Waals surface area contributed by atoms with Crippen LogP contribution in [0.1, 0.15) is 20.3 Å². The molecular formula is C17H30N6O8. The van der Waals surface area contributed by atoms with Gasteiger partial charge in [-0.1, -0.05) is 20.3 Å². The van der Waals surface area contributed by atoms with Gasteiger partial charge in [0, 0.05) is 6.54 Å². The third-order valence-corrected chi connectivity index (χ3v) is 4.29. The van der Waals surface area contributed by atoms with Crippen LogP contribution in [-0.4, -0.2) is 86.6 Å². The number of rotatable bonds is 3. The number of aliphatic hydroxyl groups is 1. The Kier molecular flexibility index (Phi) is 11.9. The van der Waals surface area contributed by atoms with E-state index in [1.54, 1.807) is 6.92 Å². The van der Waals surface area contributed by atoms with Gasteiger partial charge in [-0.05, 0) is 5.92 Å². The zero-order chi connectivity index (χ0) is 23.2. The second-order valence-electron chi connectivity index (χ2n) is 6.66. The van der Waals surface area contributed by atoms with Crippen molar-refractivity contribution in [1.29, 1.82) is 0 Å². The number of urea groups is 2. The first kappa shape index (κ1) is 26.1. The number of imide groups is 1. The molecule has 0 spiro atoms. The smallest absolute Gasteiger partial charge is 0.341 e. The minimum atomic E-state index is -1.36. The Labute approximate surface area is 179 Å². The molecule has 1 unspecified atom stereocenters. The van der Waals surface area contributed by atoms with Crippen molar-refractivity contribution in [3.8, 4) is 0 Å². The fourth-order valence-corrected chi connectivity index (χ4v) is 2.39. The molecule has 14 heteroatoms. The number of carbonyl (C=O) groups is 5. The second-order valence-corrected chi connectivity index (χ2v) is 6.66. The molecule has 0 aromatic rings. The minimum Gasteiger partial charge on any atom is -0.394 e. The molecule has 0 saturated carbocycles. The van der Waals surface area contributed by atoms with Gasteiger partial charge in [-0.2, -0.15) is 0 Å². The fraction of sp³-hybridized carbons (Fsp3) is 0.706. The minimum absolute atomic E-state index is 0.0879. The quantitative estimate of drug-likeness (QED) is 0.239. The number of ether oxygens (including phenoxy) is 2. The highest BCUT2D eigenvalue weighted by Crippen LogP contribution is 2.07. The van der Waals surface area contributed by atoms with E-state index >= 15 is 0 Å². The lowest BCUT2D eigenvalue weighted by Crippen LogP contribution is -2.59. The maximum absolute atomic E-state index is 12.4. The molecule has 31 heavy (non-hydrogen) atoms. The lowest BCUT2D eigenvalue weighted by atomic mass is 9.98. The summed E-state index contributed by atoms with van der Waals surface area (Å²) in [6, 6.07) is -4.31. The molecule has 0 aromatic heterocycles. The van der Waals surface area contributed by atoms with E-state index in [2.05, 4.69) is 16.0 Å². The lowest BCUT2D eigenvalue weighted by Gasteiger charge is -2.23. The topological polar surface area (TPSA) is 196 Å². The maximum Gasteiger partial charge on any atom is 0.341 e. The van der Waals surface area contributed by atoms with Crippen LogP contribution in [-0.2, 0) is 23.9 Å². The normalized spacial score (nSPS) is 24.4. The molecule has 1 rings (SSSR count). The Balaban J connectivity index is 2.80. The molecule has 0 bridgehead atoms. The summed E-state index contributed by atoms with van der Waals surface area (Å²) >= 11 is 0. The monoisotopic (exact) mass is 446 g/mol. The fourth-order valence-electron chi connectivity index (χ4n) is 2.39. The van der Waals surface area contributed by atoms with Crippen LogP contribution in [0.5, 0.6) is 0 Å². The van der Waals surface area contributed by atoms with E-state index in [0.717, 1.165) is 0 Å². The van der Waals surface area contributed by atoms with Crippen molar-refractivity contribution < 1.29 is 38.6 Å². The maximum atomic E-state index is 12.4. The van der Waals surface area contributed by atoms with Crippen molar-refractivity contribution in [1.82, 2.24) is 32.1 Å². The molecule has 0 aromatic carbocycles. The van der Waals surface area contributed by atoms with Crippen molar-refractivity contribution >= 4 is 29.8 Å². The van der Waals surface area contributed by atoms with Gasteiger partial charge in [-0.3, -0.25) is 25.1 Å². The predicted octanol–water partition coefficient (Wildman–Crippen LogP) is -2.92. The Morgan fingerprint density at radius 3 is 2.35 bits per heavy atom. The molecule has 1 heterocycles. The number of hydrogen-bond acceptors (Lipinski definition) is 8. The molecule has 3 atom stereocenters. The zero-order valence-electron chi connectivity index (χ0n) is 17.5. The summed E-state index contributed by atoms with van der Waals surface area (Å²) in [4.78, 5) is 60.0. The van der Waals surface area contributed by atoms with E-state index < -0.39 is 48.5 Å². The Morgan fingerprint density at radius 2 is 1.68 bits per heavy atom. The standard InChI is InChI=1S/C17H30N6O8/c1-3-10(2)13-15(27)18-4-5-30-6-7-31-9-12(25)19-11(8-24)14(26)22-23-17(29)21-16(28)20-13/h10-11,13,24H,3-9H2,1-2H3,(H,18,27)(H,19,25)(H,22,26)(H3,20,21,23,28,29)/t10?,11-,13-/m0/s1. The van der Waals surface area contributed by atoms with Gasteiger partial charge in [0.25, 0.3) is 5.91 Å². The molecule has 1 fully saturated rings. The average Bonchev–Trinajstić information content (AvgIpc) is 2.74. The van der Waals surface area contributed by atoms with Crippen molar-refractivity contribution in [2.75, 3.05) is 39.6 Å². The molecule has 1 aliphatic rings. The van der Waals surface area contributed by atoms with Gasteiger partial charge in [0.2, 0.25) is 11.8 Å². The first-order chi connectivity index (χ1) is 14.8. The SMILES string of the molecule is CCC(C)[C@@H]1NC(=O)NC(=O)NNC(=O)[C@H](CO)NC(=O)COCCOCCNC1=O. The van der Waals surface area contributed by atoms with E-state index in [4.69, 9.17) is 9.47 Å². The number of hydrogen-bond donors (Lipinski definition) is 7. The van der Waals surface area contributed by atoms with Gasteiger partial charge >= 0.3 is 12.1 Å². The van der Waals surface area contributed by atoms with Gasteiger partial charge in [-0.25, -0.2) is 15.0 Å². The van der Waals surface area contributed by atoms with Crippen LogP contribution in [0.25, 0.3) is 0 Å². The van der Waals surface area contributed by atoms with E-state index in [1.807, 2.05) is 23.1 Å². The average molecular weight is 446 g/mol. The molecule has 176 valence electrons. The lowest BCUT2D eigenvalue weighted by molar-refractivity contribution is -0.133. The highest BCUT2D eigenvalue weighted by Gasteiger charge is 2.26. The first-order valence-electron chi connectivity index (χ1n) is 9.79. The van der Waals surface area contributed by atoms with E-state index in [-0.39, 0.29) is 38.9 Å². The van der Waals surface area contributed by atoms with E-state index in [1.165, 1.54) is 0 Å². The summed E-state index contributed by atoms with van der Waals surface area (Å²) in [5.74, 6) is -2.28. The molecule has 7 amide bonds. The summed E-state index contributed by atoms with van der Waals surface area (Å²) < 4.78 is 10.4. The van der Waals surface area contributed by atoms with Gasteiger partial charge in [0.15, 0.2) is 0 Å². The summed E-state index contributed by atoms with van der Waals surface area (Å²) in [6.07, 6.45) is 0.586. The highest BCUT2D eigenvalue weighted by atomic mass is 16.5. The summed E-state index contributed by atoms with van der Waals surface area (Å²) in [7, 11) is 0. The van der Waals surface area contributed by atoms with Crippen molar-refractivity contribution in [3.63, 3.8) is 0 Å². The third-order valence-electron chi connectivity index (χ3n) is 4.29. The summed E-state index contributed by atoms with van der Waals surface area (Å²) in [6.45, 7) is 3.09. The van der Waals surface area contributed by atoms with Crippen LogP contribution in [0.15, 0.2) is 0 Å². The van der Waals surface area contributed by atoms with Crippen LogP contribution >= 0.6 is 0 Å². The summed E-state index contributed by atoms with van der Waals surface area (Å²) in [5, 5.41) is 18.4. The first-order valence-corrected chi connectivity index (χ1v) is 9.79. The van der Waals surface area contributed by atoms with Gasteiger partial charge in [0.1, 0.15) is 18.7 Å². The van der Waals surface area contributed by atoms with Crippen LogP contribution in [0.2, 0.25) is 0 Å². The van der Waals surface area contributed by atoms with Crippen LogP contribution in [0.4, 0.5) is 9.59 Å². The largest absolute Gasteiger partial charge is 0.394 e. The van der Waals surface area contributed by atoms with Gasteiger partial charge < -0.3 is 30.5 Å². The Morgan fingerprint density at radius 1 is 0.968 bits per heavy atom. The van der Waals surface area contributed by atoms with Crippen molar-refractivity contribution in [3.05, 3.63) is 0 Å². The Hall–Kier alpha value is -2.97. The molecular weight excluding hydrogens is 416 g/mol. The number of hydrazine groups is 1. The van der Waals surface area contributed by atoms with E-state index in [0.29, 0.717) is 6.42 Å². The molecule has 7 N–H and O–H groups in total. The molecule has 0 radical (unpaired) electrons. The number of carbonyl (C=O) groups excluding carboxylic acids is 5. The molecule has 14 nitrogen and oxygen atoms in total. The van der Waals surface area contributed by atoms with Crippen LogP contribution in [0.3, 0.4) is 0 Å². The predicted molar refractivity (Wildman–Crippen MR) is 105 cm³/mol. The zero-order valence-corrected chi connectivity index (χ0v) is 17.5. The molecule has 1 saturated heterocycles. The van der Waals surface area contributed by atoms with Crippen LogP contribution in [0, 0.1) is 5.92 Å².